The summed E-state index contributed by atoms with van der Waals surface area (Å²) < 4.78 is 1.92. The van der Waals surface area contributed by atoms with Crippen LogP contribution in [-0.2, 0) is 6.54 Å². The summed E-state index contributed by atoms with van der Waals surface area (Å²) in [5, 5.41) is 7.86. The van der Waals surface area contributed by atoms with Crippen LogP contribution in [0.5, 0.6) is 0 Å². The van der Waals surface area contributed by atoms with Gasteiger partial charge in [0.05, 0.1) is 6.20 Å². The third-order valence-corrected chi connectivity index (χ3v) is 4.11. The quantitative estimate of drug-likeness (QED) is 0.866. The normalized spacial score (nSPS) is 16.5. The second-order valence-corrected chi connectivity index (χ2v) is 5.48. The molecule has 5 heteroatoms. The highest BCUT2D eigenvalue weighted by molar-refractivity contribution is 5.53. The standard InChI is InChI=1S/C15H21N5/c16-14-1-3-15(4-2-14)19-9-5-13(6-10-19)7-11-20-12-8-17-18-20/h1-4,8,12-13H,5-7,9-11,16H2. The maximum absolute atomic E-state index is 5.73. The summed E-state index contributed by atoms with van der Waals surface area (Å²) in [6.07, 6.45) is 7.37. The van der Waals surface area contributed by atoms with Crippen molar-refractivity contribution >= 4 is 11.4 Å². The first-order valence-electron chi connectivity index (χ1n) is 7.26. The summed E-state index contributed by atoms with van der Waals surface area (Å²) in [4.78, 5) is 2.45. The van der Waals surface area contributed by atoms with Gasteiger partial charge >= 0.3 is 0 Å². The molecule has 1 saturated heterocycles. The van der Waals surface area contributed by atoms with Crippen LogP contribution in [0.2, 0.25) is 0 Å². The van der Waals surface area contributed by atoms with Crippen LogP contribution in [0.3, 0.4) is 0 Å². The molecule has 2 N–H and O–H groups in total. The summed E-state index contributed by atoms with van der Waals surface area (Å²) >= 11 is 0. The molecule has 5 nitrogen and oxygen atoms in total. The zero-order valence-electron chi connectivity index (χ0n) is 11.7. The Hall–Kier alpha value is -2.04. The minimum Gasteiger partial charge on any atom is -0.399 e. The number of nitrogens with two attached hydrogens (primary N) is 1. The average molecular weight is 271 g/mol. The van der Waals surface area contributed by atoms with E-state index in [1.54, 1.807) is 6.20 Å². The number of piperidine rings is 1. The van der Waals surface area contributed by atoms with E-state index in [0.717, 1.165) is 31.2 Å². The highest BCUT2D eigenvalue weighted by Gasteiger charge is 2.19. The van der Waals surface area contributed by atoms with Crippen molar-refractivity contribution in [1.82, 2.24) is 15.0 Å². The molecule has 0 bridgehead atoms. The van der Waals surface area contributed by atoms with Gasteiger partial charge in [-0.25, -0.2) is 0 Å². The molecule has 0 aliphatic carbocycles. The van der Waals surface area contributed by atoms with E-state index in [4.69, 9.17) is 5.73 Å². The van der Waals surface area contributed by atoms with E-state index in [9.17, 15) is 0 Å². The maximum Gasteiger partial charge on any atom is 0.0692 e. The van der Waals surface area contributed by atoms with Crippen molar-refractivity contribution in [3.8, 4) is 0 Å². The van der Waals surface area contributed by atoms with E-state index in [1.807, 2.05) is 23.0 Å². The maximum atomic E-state index is 5.73. The summed E-state index contributed by atoms with van der Waals surface area (Å²) in [7, 11) is 0. The first-order valence-corrected chi connectivity index (χ1v) is 7.26. The smallest absolute Gasteiger partial charge is 0.0692 e. The van der Waals surface area contributed by atoms with Crippen LogP contribution in [-0.4, -0.2) is 28.1 Å². The van der Waals surface area contributed by atoms with Gasteiger partial charge in [-0.3, -0.25) is 4.68 Å². The number of nitrogens with zero attached hydrogens (tertiary/aromatic N) is 4. The molecule has 0 amide bonds. The predicted octanol–water partition coefficient (Wildman–Crippen LogP) is 2.17. The van der Waals surface area contributed by atoms with E-state index in [-0.39, 0.29) is 0 Å². The van der Waals surface area contributed by atoms with Gasteiger partial charge in [-0.05, 0) is 49.4 Å². The average Bonchev–Trinajstić information content (AvgIpc) is 3.00. The highest BCUT2D eigenvalue weighted by atomic mass is 15.4. The summed E-state index contributed by atoms with van der Waals surface area (Å²) in [6, 6.07) is 8.19. The Morgan fingerprint density at radius 3 is 2.55 bits per heavy atom. The second-order valence-electron chi connectivity index (χ2n) is 5.48. The lowest BCUT2D eigenvalue weighted by molar-refractivity contribution is 0.352. The third kappa shape index (κ3) is 3.10. The first kappa shape index (κ1) is 13.0. The molecule has 1 aliphatic heterocycles. The molecule has 2 aromatic rings. The van der Waals surface area contributed by atoms with Crippen LogP contribution >= 0.6 is 0 Å². The fourth-order valence-electron chi connectivity index (χ4n) is 2.83. The van der Waals surface area contributed by atoms with Crippen molar-refractivity contribution in [1.29, 1.82) is 0 Å². The molecule has 0 radical (unpaired) electrons. The van der Waals surface area contributed by atoms with E-state index in [2.05, 4.69) is 27.3 Å². The zero-order chi connectivity index (χ0) is 13.8. The number of nitrogen functional groups attached to an aromatic ring is 1. The lowest BCUT2D eigenvalue weighted by Crippen LogP contribution is -2.33. The lowest BCUT2D eigenvalue weighted by Gasteiger charge is -2.33. The van der Waals surface area contributed by atoms with Gasteiger partial charge in [0.25, 0.3) is 0 Å². The van der Waals surface area contributed by atoms with Gasteiger partial charge in [0.15, 0.2) is 0 Å². The number of hydrogen-bond acceptors (Lipinski definition) is 4. The largest absolute Gasteiger partial charge is 0.399 e. The first-order chi connectivity index (χ1) is 9.81. The number of rotatable bonds is 4. The van der Waals surface area contributed by atoms with E-state index in [0.29, 0.717) is 0 Å². The van der Waals surface area contributed by atoms with Crippen LogP contribution in [0, 0.1) is 5.92 Å². The van der Waals surface area contributed by atoms with Crippen molar-refractivity contribution in [2.24, 2.45) is 5.92 Å². The fourth-order valence-corrected chi connectivity index (χ4v) is 2.83. The Morgan fingerprint density at radius 1 is 1.15 bits per heavy atom. The van der Waals surface area contributed by atoms with E-state index < -0.39 is 0 Å². The van der Waals surface area contributed by atoms with Crippen LogP contribution in [0.25, 0.3) is 0 Å². The topological polar surface area (TPSA) is 60.0 Å². The highest BCUT2D eigenvalue weighted by Crippen LogP contribution is 2.26. The molecule has 3 rings (SSSR count). The van der Waals surface area contributed by atoms with E-state index in [1.165, 1.54) is 24.9 Å². The van der Waals surface area contributed by atoms with Gasteiger partial charge in [0.1, 0.15) is 0 Å². The minimum atomic E-state index is 0.796. The third-order valence-electron chi connectivity index (χ3n) is 4.11. The molecule has 1 aromatic heterocycles. The second kappa shape index (κ2) is 5.94. The van der Waals surface area contributed by atoms with Crippen LogP contribution in [0.4, 0.5) is 11.4 Å². The number of hydrogen-bond donors (Lipinski definition) is 1. The van der Waals surface area contributed by atoms with Gasteiger partial charge in [-0.1, -0.05) is 5.21 Å². The van der Waals surface area contributed by atoms with Crippen molar-refractivity contribution < 1.29 is 0 Å². The Labute approximate surface area is 119 Å². The molecule has 0 atom stereocenters. The summed E-state index contributed by atoms with van der Waals surface area (Å²) in [5.74, 6) is 0.796. The predicted molar refractivity (Wildman–Crippen MR) is 80.4 cm³/mol. The van der Waals surface area contributed by atoms with Gasteiger partial charge in [0.2, 0.25) is 0 Å². The fraction of sp³-hybridized carbons (Fsp3) is 0.467. The Balaban J connectivity index is 1.48. The van der Waals surface area contributed by atoms with Gasteiger partial charge in [-0.2, -0.15) is 0 Å². The van der Waals surface area contributed by atoms with Gasteiger partial charge < -0.3 is 10.6 Å². The lowest BCUT2D eigenvalue weighted by atomic mass is 9.93. The molecular formula is C15H21N5. The van der Waals surface area contributed by atoms with Crippen LogP contribution in [0.15, 0.2) is 36.7 Å². The summed E-state index contributed by atoms with van der Waals surface area (Å²) in [5.41, 5.74) is 7.85. The molecule has 1 aromatic carbocycles. The number of benzene rings is 1. The van der Waals surface area contributed by atoms with Crippen molar-refractivity contribution in [2.45, 2.75) is 25.8 Å². The monoisotopic (exact) mass is 271 g/mol. The number of aryl methyl sites for hydroxylation is 1. The molecule has 2 heterocycles. The van der Waals surface area contributed by atoms with Crippen molar-refractivity contribution in [3.63, 3.8) is 0 Å². The van der Waals surface area contributed by atoms with Crippen molar-refractivity contribution in [3.05, 3.63) is 36.7 Å². The molecule has 106 valence electrons. The molecule has 0 saturated carbocycles. The molecule has 1 aliphatic rings. The van der Waals surface area contributed by atoms with Gasteiger partial charge in [0, 0.05) is 37.2 Å². The number of aromatic nitrogens is 3. The Morgan fingerprint density at radius 2 is 1.90 bits per heavy atom. The summed E-state index contributed by atoms with van der Waals surface area (Å²) in [6.45, 7) is 3.24. The molecular weight excluding hydrogens is 250 g/mol. The zero-order valence-corrected chi connectivity index (χ0v) is 11.7. The van der Waals surface area contributed by atoms with Crippen LogP contribution in [0.1, 0.15) is 19.3 Å². The number of anilines is 2. The SMILES string of the molecule is Nc1ccc(N2CCC(CCn3ccnn3)CC2)cc1. The molecule has 1 fully saturated rings. The van der Waals surface area contributed by atoms with Crippen molar-refractivity contribution in [2.75, 3.05) is 23.7 Å². The van der Waals surface area contributed by atoms with E-state index >= 15 is 0 Å². The minimum absolute atomic E-state index is 0.796. The Kier molecular flexibility index (Phi) is 3.85. The molecule has 0 spiro atoms. The van der Waals surface area contributed by atoms with Gasteiger partial charge in [-0.15, -0.1) is 5.10 Å². The molecule has 20 heavy (non-hydrogen) atoms. The molecule has 0 unspecified atom stereocenters. The van der Waals surface area contributed by atoms with Crippen LogP contribution < -0.4 is 10.6 Å². The Bertz CT molecular complexity index is 512.